The van der Waals surface area contributed by atoms with Crippen LogP contribution in [0.4, 0.5) is 5.69 Å². The van der Waals surface area contributed by atoms with Gasteiger partial charge in [-0.05, 0) is 49.8 Å². The molecule has 5 nitrogen and oxygen atoms in total. The molecule has 0 saturated heterocycles. The third-order valence-corrected chi connectivity index (χ3v) is 4.31. The number of nitrogens with zero attached hydrogens (tertiary/aromatic N) is 1. The van der Waals surface area contributed by atoms with Crippen LogP contribution in [0, 0.1) is 0 Å². The number of hydrogen-bond acceptors (Lipinski definition) is 4. The quantitative estimate of drug-likeness (QED) is 0.596. The molecule has 0 aromatic heterocycles. The van der Waals surface area contributed by atoms with E-state index in [1.165, 1.54) is 12.0 Å². The zero-order valence-corrected chi connectivity index (χ0v) is 15.6. The first kappa shape index (κ1) is 18.5. The summed E-state index contributed by atoms with van der Waals surface area (Å²) in [5.41, 5.74) is 2.64. The zero-order valence-electron chi connectivity index (χ0n) is 15.6. The number of methoxy groups -OCH3 is 1. The van der Waals surface area contributed by atoms with Crippen LogP contribution >= 0.6 is 0 Å². The number of benzene rings is 2. The summed E-state index contributed by atoms with van der Waals surface area (Å²) in [7, 11) is 1.31. The summed E-state index contributed by atoms with van der Waals surface area (Å²) in [5, 5.41) is 0. The number of amides is 1. The second-order valence-corrected chi connectivity index (χ2v) is 5.99. The maximum atomic E-state index is 13.1. The van der Waals surface area contributed by atoms with Crippen molar-refractivity contribution in [1.82, 2.24) is 0 Å². The maximum absolute atomic E-state index is 13.1. The van der Waals surface area contributed by atoms with Crippen molar-refractivity contribution >= 4 is 23.6 Å². The summed E-state index contributed by atoms with van der Waals surface area (Å²) >= 11 is 0. The van der Waals surface area contributed by atoms with E-state index in [4.69, 9.17) is 9.47 Å². The van der Waals surface area contributed by atoms with Crippen molar-refractivity contribution in [3.05, 3.63) is 77.0 Å². The van der Waals surface area contributed by atoms with Crippen LogP contribution in [0.1, 0.15) is 19.4 Å². The molecule has 0 fully saturated rings. The highest BCUT2D eigenvalue weighted by Crippen LogP contribution is 2.35. The number of allylic oxidation sites excluding steroid dienone is 1. The Morgan fingerprint density at radius 2 is 1.74 bits per heavy atom. The predicted octanol–water partition coefficient (Wildman–Crippen LogP) is 3.96. The van der Waals surface area contributed by atoms with Gasteiger partial charge in [0.15, 0.2) is 0 Å². The number of carbonyl (C=O) groups is 2. The van der Waals surface area contributed by atoms with Crippen LogP contribution in [0.25, 0.3) is 6.08 Å². The van der Waals surface area contributed by atoms with Gasteiger partial charge in [0.05, 0.1) is 24.9 Å². The fourth-order valence-corrected chi connectivity index (χ4v) is 3.06. The van der Waals surface area contributed by atoms with Crippen LogP contribution in [0.5, 0.6) is 5.75 Å². The molecule has 0 bridgehead atoms. The highest BCUT2D eigenvalue weighted by Gasteiger charge is 2.37. The van der Waals surface area contributed by atoms with Crippen molar-refractivity contribution in [2.45, 2.75) is 13.8 Å². The lowest BCUT2D eigenvalue weighted by Gasteiger charge is -2.17. The summed E-state index contributed by atoms with van der Waals surface area (Å²) in [6.45, 7) is 4.25. The van der Waals surface area contributed by atoms with Crippen LogP contribution < -0.4 is 9.64 Å². The summed E-state index contributed by atoms with van der Waals surface area (Å²) in [6.07, 6.45) is 1.71. The van der Waals surface area contributed by atoms with E-state index in [9.17, 15) is 9.59 Å². The Kier molecular flexibility index (Phi) is 5.41. The van der Waals surface area contributed by atoms with E-state index >= 15 is 0 Å². The summed E-state index contributed by atoms with van der Waals surface area (Å²) in [5.74, 6) is -0.0346. The largest absolute Gasteiger partial charge is 0.494 e. The molecule has 5 heteroatoms. The summed E-state index contributed by atoms with van der Waals surface area (Å²) in [4.78, 5) is 27.0. The molecular formula is C22H21NO4. The Bertz CT molecular complexity index is 911. The van der Waals surface area contributed by atoms with Crippen molar-refractivity contribution in [3.63, 3.8) is 0 Å². The number of carbonyl (C=O) groups excluding carboxylic acids is 2. The summed E-state index contributed by atoms with van der Waals surface area (Å²) < 4.78 is 10.4. The van der Waals surface area contributed by atoms with Gasteiger partial charge in [0, 0.05) is 11.4 Å². The second-order valence-electron chi connectivity index (χ2n) is 5.99. The van der Waals surface area contributed by atoms with E-state index in [-0.39, 0.29) is 11.5 Å². The zero-order chi connectivity index (χ0) is 19.4. The van der Waals surface area contributed by atoms with Gasteiger partial charge in [-0.1, -0.05) is 30.3 Å². The summed E-state index contributed by atoms with van der Waals surface area (Å²) in [6, 6.07) is 16.6. The second kappa shape index (κ2) is 7.91. The number of rotatable bonds is 5. The first-order chi connectivity index (χ1) is 13.1. The fraction of sp³-hybridized carbons (Fsp3) is 0.182. The standard InChI is InChI=1S/C22H21NO4/c1-4-27-18-12-10-16(11-13-18)14-19-20(22(25)26-3)15(2)23(21(19)24)17-8-6-5-7-9-17/h5-14H,4H2,1-3H3/b19-14-. The third-order valence-electron chi connectivity index (χ3n) is 4.31. The number of hydrogen-bond donors (Lipinski definition) is 0. The van der Waals surface area contributed by atoms with Crippen molar-refractivity contribution in [2.75, 3.05) is 18.6 Å². The number of anilines is 1. The van der Waals surface area contributed by atoms with Crippen molar-refractivity contribution in [2.24, 2.45) is 0 Å². The molecule has 0 atom stereocenters. The molecule has 1 amide bonds. The average Bonchev–Trinajstić information content (AvgIpc) is 2.93. The lowest BCUT2D eigenvalue weighted by atomic mass is 10.0. The minimum Gasteiger partial charge on any atom is -0.494 e. The van der Waals surface area contributed by atoms with E-state index in [0.29, 0.717) is 23.6 Å². The number of esters is 1. The molecule has 27 heavy (non-hydrogen) atoms. The van der Waals surface area contributed by atoms with Crippen LogP contribution in [0.3, 0.4) is 0 Å². The van der Waals surface area contributed by atoms with Gasteiger partial charge in [0.2, 0.25) is 0 Å². The van der Waals surface area contributed by atoms with E-state index in [2.05, 4.69) is 0 Å². The molecule has 2 aromatic rings. The van der Waals surface area contributed by atoms with E-state index in [1.807, 2.05) is 61.5 Å². The first-order valence-electron chi connectivity index (χ1n) is 8.70. The smallest absolute Gasteiger partial charge is 0.340 e. The van der Waals surface area contributed by atoms with Crippen LogP contribution in [0.2, 0.25) is 0 Å². The number of para-hydroxylation sites is 1. The third kappa shape index (κ3) is 3.62. The van der Waals surface area contributed by atoms with Gasteiger partial charge >= 0.3 is 5.97 Å². The minimum atomic E-state index is -0.531. The minimum absolute atomic E-state index is 0.256. The topological polar surface area (TPSA) is 55.8 Å². The van der Waals surface area contributed by atoms with Gasteiger partial charge in [-0.25, -0.2) is 4.79 Å². The first-order valence-corrected chi connectivity index (χ1v) is 8.70. The molecule has 2 aromatic carbocycles. The van der Waals surface area contributed by atoms with Crippen molar-refractivity contribution < 1.29 is 19.1 Å². The number of ether oxygens (including phenoxy) is 2. The van der Waals surface area contributed by atoms with E-state index in [1.54, 1.807) is 13.0 Å². The van der Waals surface area contributed by atoms with Crippen molar-refractivity contribution in [3.8, 4) is 5.75 Å². The van der Waals surface area contributed by atoms with E-state index in [0.717, 1.165) is 11.3 Å². The molecule has 0 spiro atoms. The fourth-order valence-electron chi connectivity index (χ4n) is 3.06. The van der Waals surface area contributed by atoms with Gasteiger partial charge < -0.3 is 9.47 Å². The van der Waals surface area contributed by atoms with Crippen LogP contribution in [-0.4, -0.2) is 25.6 Å². The molecule has 1 heterocycles. The Balaban J connectivity index is 2.05. The Labute approximate surface area is 158 Å². The molecule has 0 saturated carbocycles. The van der Waals surface area contributed by atoms with Crippen molar-refractivity contribution in [1.29, 1.82) is 0 Å². The highest BCUT2D eigenvalue weighted by molar-refractivity contribution is 6.23. The van der Waals surface area contributed by atoms with Gasteiger partial charge in [0.1, 0.15) is 5.75 Å². The normalized spacial score (nSPS) is 15.4. The monoisotopic (exact) mass is 363 g/mol. The average molecular weight is 363 g/mol. The Hall–Kier alpha value is -3.34. The molecule has 0 aliphatic carbocycles. The van der Waals surface area contributed by atoms with Gasteiger partial charge in [-0.3, -0.25) is 9.69 Å². The molecule has 0 N–H and O–H groups in total. The lowest BCUT2D eigenvalue weighted by Crippen LogP contribution is -2.24. The molecule has 0 radical (unpaired) electrons. The van der Waals surface area contributed by atoms with Gasteiger partial charge in [-0.2, -0.15) is 0 Å². The predicted molar refractivity (Wildman–Crippen MR) is 104 cm³/mol. The highest BCUT2D eigenvalue weighted by atomic mass is 16.5. The Morgan fingerprint density at radius 1 is 1.07 bits per heavy atom. The lowest BCUT2D eigenvalue weighted by molar-refractivity contribution is -0.136. The van der Waals surface area contributed by atoms with Gasteiger partial charge in [0.25, 0.3) is 5.91 Å². The molecule has 3 rings (SSSR count). The Morgan fingerprint density at radius 3 is 2.33 bits per heavy atom. The van der Waals surface area contributed by atoms with Crippen LogP contribution in [-0.2, 0) is 14.3 Å². The molecular weight excluding hydrogens is 342 g/mol. The molecule has 138 valence electrons. The van der Waals surface area contributed by atoms with E-state index < -0.39 is 5.97 Å². The molecule has 1 aliphatic rings. The molecule has 0 unspecified atom stereocenters. The SMILES string of the molecule is CCOc1ccc(/C=C2\C(=O)N(c3ccccc3)C(C)=C2C(=O)OC)cc1. The van der Waals surface area contributed by atoms with Gasteiger partial charge in [-0.15, -0.1) is 0 Å². The van der Waals surface area contributed by atoms with Crippen LogP contribution in [0.15, 0.2) is 71.4 Å². The molecule has 1 aliphatic heterocycles. The maximum Gasteiger partial charge on any atom is 0.340 e.